The molecule has 2 aromatic heterocycles. The van der Waals surface area contributed by atoms with Gasteiger partial charge < -0.3 is 9.72 Å². The average Bonchev–Trinajstić information content (AvgIpc) is 3.16. The number of rotatable bonds is 6. The quantitative estimate of drug-likeness (QED) is 0.702. The maximum atomic E-state index is 12.7. The predicted octanol–water partition coefficient (Wildman–Crippen LogP) is 3.04. The van der Waals surface area contributed by atoms with Gasteiger partial charge in [0.25, 0.3) is 0 Å². The summed E-state index contributed by atoms with van der Waals surface area (Å²) in [4.78, 5) is 22.0. The second-order valence-electron chi connectivity index (χ2n) is 7.73. The Morgan fingerprint density at radius 1 is 1.10 bits per heavy atom. The Morgan fingerprint density at radius 3 is 2.55 bits per heavy atom. The van der Waals surface area contributed by atoms with Crippen LogP contribution in [-0.4, -0.2) is 57.3 Å². The number of aromatic nitrogens is 2. The number of fused-ring (bicyclic) bond motifs is 1. The summed E-state index contributed by atoms with van der Waals surface area (Å²) in [7, 11) is 0. The molecule has 0 aliphatic carbocycles. The van der Waals surface area contributed by atoms with E-state index in [1.807, 2.05) is 43.5 Å². The van der Waals surface area contributed by atoms with Gasteiger partial charge in [0.1, 0.15) is 5.65 Å². The number of nitrogens with one attached hydrogen (secondary N) is 1. The number of imidazole rings is 1. The molecule has 29 heavy (non-hydrogen) atoms. The lowest BCUT2D eigenvalue weighted by molar-refractivity contribution is -0.121. The van der Waals surface area contributed by atoms with Crippen LogP contribution in [0.2, 0.25) is 0 Å². The number of nitrogens with zero attached hydrogens (tertiary/aromatic N) is 4. The first kappa shape index (κ1) is 19.6. The maximum Gasteiger partial charge on any atom is 0.241 e. The third-order valence-electron chi connectivity index (χ3n) is 5.76. The lowest BCUT2D eigenvalue weighted by Gasteiger charge is -2.37. The van der Waals surface area contributed by atoms with Crippen LogP contribution in [0, 0.1) is 0 Å². The lowest BCUT2D eigenvalue weighted by Crippen LogP contribution is -2.52. The first-order chi connectivity index (χ1) is 14.1. The number of pyridine rings is 1. The fraction of sp³-hybridized carbons (Fsp3) is 0.391. The molecule has 3 aromatic rings. The molecule has 1 aliphatic rings. The van der Waals surface area contributed by atoms with Gasteiger partial charge in [0.05, 0.1) is 11.7 Å². The van der Waals surface area contributed by atoms with Gasteiger partial charge in [-0.15, -0.1) is 0 Å². The van der Waals surface area contributed by atoms with Crippen molar-refractivity contribution in [2.75, 3.05) is 31.5 Å². The van der Waals surface area contributed by atoms with Crippen molar-refractivity contribution in [1.29, 1.82) is 0 Å². The zero-order valence-corrected chi connectivity index (χ0v) is 17.2. The molecule has 0 spiro atoms. The van der Waals surface area contributed by atoms with Gasteiger partial charge in [-0.1, -0.05) is 25.1 Å². The Kier molecular flexibility index (Phi) is 5.92. The molecule has 6 heteroatoms. The van der Waals surface area contributed by atoms with E-state index in [-0.39, 0.29) is 11.9 Å². The number of carbonyl (C=O) groups is 1. The van der Waals surface area contributed by atoms with E-state index in [2.05, 4.69) is 44.8 Å². The maximum absolute atomic E-state index is 12.7. The molecule has 0 unspecified atom stereocenters. The van der Waals surface area contributed by atoms with Gasteiger partial charge in [0.15, 0.2) is 0 Å². The number of hydrogen-bond acceptors (Lipinski definition) is 4. The fourth-order valence-corrected chi connectivity index (χ4v) is 3.84. The van der Waals surface area contributed by atoms with Crippen LogP contribution in [0.25, 0.3) is 5.65 Å². The van der Waals surface area contributed by atoms with Crippen LogP contribution in [-0.2, 0) is 17.8 Å². The van der Waals surface area contributed by atoms with E-state index in [0.717, 1.165) is 56.2 Å². The Balaban J connectivity index is 1.28. The van der Waals surface area contributed by atoms with E-state index < -0.39 is 0 Å². The summed E-state index contributed by atoms with van der Waals surface area (Å²) in [5.74, 6) is 0.0584. The zero-order valence-electron chi connectivity index (χ0n) is 17.2. The smallest absolute Gasteiger partial charge is 0.241 e. The second-order valence-corrected chi connectivity index (χ2v) is 7.73. The van der Waals surface area contributed by atoms with Crippen molar-refractivity contribution < 1.29 is 4.79 Å². The minimum atomic E-state index is -0.141. The van der Waals surface area contributed by atoms with Gasteiger partial charge >= 0.3 is 0 Å². The molecule has 0 bridgehead atoms. The number of piperazine rings is 1. The molecule has 1 atom stereocenters. The molecule has 6 nitrogen and oxygen atoms in total. The first-order valence-electron chi connectivity index (χ1n) is 10.4. The minimum absolute atomic E-state index is 0.0584. The summed E-state index contributed by atoms with van der Waals surface area (Å²) in [6, 6.07) is 14.0. The van der Waals surface area contributed by atoms with Crippen LogP contribution in [0.4, 0.5) is 5.69 Å². The van der Waals surface area contributed by atoms with Crippen LogP contribution in [0.3, 0.4) is 0 Å². The molecule has 1 amide bonds. The highest BCUT2D eigenvalue weighted by Crippen LogP contribution is 2.14. The molecule has 1 fully saturated rings. The molecule has 1 N–H and O–H groups in total. The van der Waals surface area contributed by atoms with Gasteiger partial charge in [-0.2, -0.15) is 0 Å². The van der Waals surface area contributed by atoms with Crippen molar-refractivity contribution in [3.8, 4) is 0 Å². The largest absolute Gasteiger partial charge is 0.325 e. The summed E-state index contributed by atoms with van der Waals surface area (Å²) >= 11 is 0. The van der Waals surface area contributed by atoms with E-state index in [1.165, 1.54) is 5.56 Å². The first-order valence-corrected chi connectivity index (χ1v) is 10.4. The minimum Gasteiger partial charge on any atom is -0.325 e. The molecule has 1 aliphatic heterocycles. The third-order valence-corrected chi connectivity index (χ3v) is 5.76. The average molecular weight is 392 g/mol. The molecule has 1 aromatic carbocycles. The third kappa shape index (κ3) is 4.66. The van der Waals surface area contributed by atoms with E-state index in [0.29, 0.717) is 0 Å². The molecule has 3 heterocycles. The number of aryl methyl sites for hydroxylation is 1. The van der Waals surface area contributed by atoms with E-state index in [1.54, 1.807) is 0 Å². The summed E-state index contributed by atoms with van der Waals surface area (Å²) in [5, 5.41) is 3.05. The van der Waals surface area contributed by atoms with Crippen LogP contribution < -0.4 is 5.32 Å². The Bertz CT molecular complexity index is 924. The zero-order chi connectivity index (χ0) is 20.2. The SMILES string of the molecule is CCc1ccc(NC(=O)[C@@H](C)N2CCN(Cc3cn4ccccc4n3)CC2)cc1. The van der Waals surface area contributed by atoms with Gasteiger partial charge in [-0.25, -0.2) is 4.98 Å². The van der Waals surface area contributed by atoms with E-state index in [9.17, 15) is 4.79 Å². The normalized spacial score (nSPS) is 16.8. The van der Waals surface area contributed by atoms with Crippen molar-refractivity contribution in [2.45, 2.75) is 32.9 Å². The number of carbonyl (C=O) groups excluding carboxylic acids is 1. The number of benzene rings is 1. The standard InChI is InChI=1S/C23H29N5O/c1-3-19-7-9-20(10-8-19)25-23(29)18(2)27-14-12-26(13-15-27)16-21-17-28-11-5-4-6-22(28)24-21/h4-11,17-18H,3,12-16H2,1-2H3,(H,25,29)/t18-/m1/s1. The van der Waals surface area contributed by atoms with E-state index >= 15 is 0 Å². The lowest BCUT2D eigenvalue weighted by atomic mass is 10.1. The van der Waals surface area contributed by atoms with Gasteiger partial charge in [0.2, 0.25) is 5.91 Å². The fourth-order valence-electron chi connectivity index (χ4n) is 3.84. The molecule has 1 saturated heterocycles. The van der Waals surface area contributed by atoms with Crippen LogP contribution in [0.1, 0.15) is 25.1 Å². The van der Waals surface area contributed by atoms with E-state index in [4.69, 9.17) is 4.98 Å². The summed E-state index contributed by atoms with van der Waals surface area (Å²) in [5.41, 5.74) is 4.21. The Morgan fingerprint density at radius 2 is 1.86 bits per heavy atom. The number of anilines is 1. The van der Waals surface area contributed by atoms with Crippen molar-refractivity contribution in [3.63, 3.8) is 0 Å². The van der Waals surface area contributed by atoms with Crippen LogP contribution in [0.15, 0.2) is 54.9 Å². The number of amides is 1. The summed E-state index contributed by atoms with van der Waals surface area (Å²) < 4.78 is 2.06. The highest BCUT2D eigenvalue weighted by molar-refractivity contribution is 5.94. The number of hydrogen-bond donors (Lipinski definition) is 1. The molecule has 152 valence electrons. The Hall–Kier alpha value is -2.70. The molecule has 0 saturated carbocycles. The van der Waals surface area contributed by atoms with Crippen LogP contribution >= 0.6 is 0 Å². The summed E-state index contributed by atoms with van der Waals surface area (Å²) in [6.07, 6.45) is 5.13. The molecular formula is C23H29N5O. The van der Waals surface area contributed by atoms with Gasteiger partial charge in [-0.3, -0.25) is 14.6 Å². The molecule has 4 rings (SSSR count). The van der Waals surface area contributed by atoms with Crippen LogP contribution in [0.5, 0.6) is 0 Å². The van der Waals surface area contributed by atoms with Crippen molar-refractivity contribution >= 4 is 17.2 Å². The monoisotopic (exact) mass is 391 g/mol. The highest BCUT2D eigenvalue weighted by atomic mass is 16.2. The second kappa shape index (κ2) is 8.76. The molecule has 0 radical (unpaired) electrons. The van der Waals surface area contributed by atoms with Gasteiger partial charge in [0, 0.05) is 50.8 Å². The van der Waals surface area contributed by atoms with Crippen molar-refractivity contribution in [3.05, 3.63) is 66.1 Å². The highest BCUT2D eigenvalue weighted by Gasteiger charge is 2.26. The Labute approximate surface area is 172 Å². The molecular weight excluding hydrogens is 362 g/mol. The topological polar surface area (TPSA) is 52.9 Å². The van der Waals surface area contributed by atoms with Gasteiger partial charge in [-0.05, 0) is 43.2 Å². The predicted molar refractivity (Wildman–Crippen MR) is 116 cm³/mol. The summed E-state index contributed by atoms with van der Waals surface area (Å²) in [6.45, 7) is 8.62. The van der Waals surface area contributed by atoms with Crippen molar-refractivity contribution in [1.82, 2.24) is 19.2 Å². The van der Waals surface area contributed by atoms with Crippen molar-refractivity contribution in [2.24, 2.45) is 0 Å².